The lowest BCUT2D eigenvalue weighted by Gasteiger charge is -2.32. The van der Waals surface area contributed by atoms with Crippen molar-refractivity contribution in [1.82, 2.24) is 20.1 Å². The molecule has 24 heavy (non-hydrogen) atoms. The molecule has 1 aliphatic rings. The maximum atomic E-state index is 12.8. The molecule has 0 bridgehead atoms. The molecule has 1 N–H and O–H groups in total. The summed E-state index contributed by atoms with van der Waals surface area (Å²) in [6.07, 6.45) is -0.258. The van der Waals surface area contributed by atoms with E-state index >= 15 is 0 Å². The van der Waals surface area contributed by atoms with Crippen LogP contribution in [0.3, 0.4) is 0 Å². The van der Waals surface area contributed by atoms with Gasteiger partial charge in [-0.3, -0.25) is 9.89 Å². The van der Waals surface area contributed by atoms with Crippen LogP contribution in [0.5, 0.6) is 0 Å². The summed E-state index contributed by atoms with van der Waals surface area (Å²) < 4.78 is 5.82. The van der Waals surface area contributed by atoms with Crippen molar-refractivity contribution in [1.29, 1.82) is 0 Å². The maximum Gasteiger partial charge on any atom is 0.255 e. The van der Waals surface area contributed by atoms with E-state index in [0.29, 0.717) is 25.5 Å². The molecule has 3 heterocycles. The Hall–Kier alpha value is -1.73. The highest BCUT2D eigenvalue weighted by Gasteiger charge is 2.30. The Bertz CT molecular complexity index is 744. The predicted molar refractivity (Wildman–Crippen MR) is 93.5 cm³/mol. The van der Waals surface area contributed by atoms with E-state index in [9.17, 15) is 4.79 Å². The molecule has 1 aliphatic heterocycles. The summed E-state index contributed by atoms with van der Waals surface area (Å²) in [6, 6.07) is 1.97. The lowest BCUT2D eigenvalue weighted by atomic mass is 9.96. The first-order chi connectivity index (χ1) is 11.3. The first-order valence-electron chi connectivity index (χ1n) is 8.16. The summed E-state index contributed by atoms with van der Waals surface area (Å²) in [7, 11) is 0. The SMILES string of the molecule is Cc1cc(C(=O)N2CCO[C@@H](c3nc(C(C)(C)C)n[nH]3)C2)c(C)s1. The lowest BCUT2D eigenvalue weighted by Crippen LogP contribution is -2.42. The molecule has 0 radical (unpaired) electrons. The molecular formula is C17H24N4O2S. The van der Waals surface area contributed by atoms with Crippen LogP contribution in [0.2, 0.25) is 0 Å². The standard InChI is InChI=1S/C17H24N4O2S/c1-10-8-12(11(2)24-10)15(22)21-6-7-23-13(9-21)14-18-16(20-19-14)17(3,4)5/h8,13H,6-7,9H2,1-5H3,(H,18,19,20)/t13-/m1/s1. The van der Waals surface area contributed by atoms with E-state index in [4.69, 9.17) is 4.74 Å². The molecular weight excluding hydrogens is 324 g/mol. The molecule has 1 fully saturated rings. The minimum absolute atomic E-state index is 0.0701. The number of carbonyl (C=O) groups excluding carboxylic acids is 1. The van der Waals surface area contributed by atoms with Gasteiger partial charge < -0.3 is 9.64 Å². The molecule has 1 amide bonds. The van der Waals surface area contributed by atoms with Crippen LogP contribution < -0.4 is 0 Å². The molecule has 1 saturated heterocycles. The molecule has 0 aliphatic carbocycles. The van der Waals surface area contributed by atoms with Crippen LogP contribution in [-0.2, 0) is 10.2 Å². The fraction of sp³-hybridized carbons (Fsp3) is 0.588. The highest BCUT2D eigenvalue weighted by Crippen LogP contribution is 2.26. The number of H-pyrrole nitrogens is 1. The Labute approximate surface area is 146 Å². The quantitative estimate of drug-likeness (QED) is 0.906. The minimum atomic E-state index is -0.258. The van der Waals surface area contributed by atoms with E-state index in [1.807, 2.05) is 24.8 Å². The molecule has 0 aromatic carbocycles. The van der Waals surface area contributed by atoms with Crippen molar-refractivity contribution in [3.05, 3.63) is 33.0 Å². The first kappa shape index (κ1) is 17.1. The van der Waals surface area contributed by atoms with Gasteiger partial charge in [-0.1, -0.05) is 20.8 Å². The summed E-state index contributed by atoms with van der Waals surface area (Å²) in [6.45, 7) is 11.8. The summed E-state index contributed by atoms with van der Waals surface area (Å²) in [5.74, 6) is 1.52. The van der Waals surface area contributed by atoms with Crippen molar-refractivity contribution in [2.75, 3.05) is 19.7 Å². The zero-order valence-electron chi connectivity index (χ0n) is 14.8. The third kappa shape index (κ3) is 3.37. The maximum absolute atomic E-state index is 12.8. The number of hydrogen-bond acceptors (Lipinski definition) is 5. The summed E-state index contributed by atoms with van der Waals surface area (Å²) >= 11 is 1.66. The Morgan fingerprint density at radius 1 is 1.42 bits per heavy atom. The van der Waals surface area contributed by atoms with Crippen molar-refractivity contribution in [2.45, 2.75) is 46.1 Å². The van der Waals surface area contributed by atoms with Crippen molar-refractivity contribution >= 4 is 17.2 Å². The molecule has 3 rings (SSSR count). The Morgan fingerprint density at radius 3 is 2.75 bits per heavy atom. The van der Waals surface area contributed by atoms with E-state index in [2.05, 4.69) is 36.0 Å². The second kappa shape index (κ2) is 6.29. The number of carbonyl (C=O) groups is 1. The fourth-order valence-corrected chi connectivity index (χ4v) is 3.68. The molecule has 1 atom stereocenters. The predicted octanol–water partition coefficient (Wildman–Crippen LogP) is 2.99. The minimum Gasteiger partial charge on any atom is -0.367 e. The number of thiophene rings is 1. The number of nitrogens with zero attached hydrogens (tertiary/aromatic N) is 3. The van der Waals surface area contributed by atoms with Crippen LogP contribution in [-0.4, -0.2) is 45.7 Å². The van der Waals surface area contributed by atoms with Crippen molar-refractivity contribution in [3.8, 4) is 0 Å². The Balaban J connectivity index is 1.76. The monoisotopic (exact) mass is 348 g/mol. The highest BCUT2D eigenvalue weighted by molar-refractivity contribution is 7.12. The van der Waals surface area contributed by atoms with Crippen LogP contribution in [0.25, 0.3) is 0 Å². The molecule has 6 nitrogen and oxygen atoms in total. The van der Waals surface area contributed by atoms with Gasteiger partial charge in [0.1, 0.15) is 6.10 Å². The molecule has 0 unspecified atom stereocenters. The van der Waals surface area contributed by atoms with Crippen molar-refractivity contribution in [2.24, 2.45) is 0 Å². The van der Waals surface area contributed by atoms with Gasteiger partial charge in [0.25, 0.3) is 5.91 Å². The van der Waals surface area contributed by atoms with Crippen LogP contribution >= 0.6 is 11.3 Å². The molecule has 7 heteroatoms. The number of aromatic nitrogens is 3. The normalized spacial score (nSPS) is 18.9. The number of aryl methyl sites for hydroxylation is 2. The van der Waals surface area contributed by atoms with Crippen LogP contribution in [0, 0.1) is 13.8 Å². The third-order valence-corrected chi connectivity index (χ3v) is 5.07. The molecule has 2 aromatic rings. The van der Waals surface area contributed by atoms with Crippen LogP contribution in [0.4, 0.5) is 0 Å². The average molecular weight is 348 g/mol. The van der Waals surface area contributed by atoms with E-state index < -0.39 is 0 Å². The van der Waals surface area contributed by atoms with Gasteiger partial charge in [0.2, 0.25) is 0 Å². The van der Waals surface area contributed by atoms with Crippen molar-refractivity contribution in [3.63, 3.8) is 0 Å². The van der Waals surface area contributed by atoms with Gasteiger partial charge in [-0.15, -0.1) is 11.3 Å². The van der Waals surface area contributed by atoms with Gasteiger partial charge in [0, 0.05) is 21.7 Å². The summed E-state index contributed by atoms with van der Waals surface area (Å²) in [5, 5.41) is 7.27. The number of rotatable bonds is 2. The zero-order valence-corrected chi connectivity index (χ0v) is 15.7. The van der Waals surface area contributed by atoms with E-state index in [-0.39, 0.29) is 17.4 Å². The lowest BCUT2D eigenvalue weighted by molar-refractivity contribution is -0.0267. The van der Waals surface area contributed by atoms with Gasteiger partial charge in [0.05, 0.1) is 18.7 Å². The number of aromatic amines is 1. The Morgan fingerprint density at radius 2 is 2.17 bits per heavy atom. The summed E-state index contributed by atoms with van der Waals surface area (Å²) in [4.78, 5) is 21.4. The number of hydrogen-bond donors (Lipinski definition) is 1. The number of morpholine rings is 1. The van der Waals surface area contributed by atoms with Gasteiger partial charge in [0.15, 0.2) is 11.6 Å². The molecule has 0 spiro atoms. The first-order valence-corrected chi connectivity index (χ1v) is 8.98. The van der Waals surface area contributed by atoms with E-state index in [1.165, 1.54) is 0 Å². The topological polar surface area (TPSA) is 71.1 Å². The van der Waals surface area contributed by atoms with E-state index in [1.54, 1.807) is 11.3 Å². The fourth-order valence-electron chi connectivity index (χ4n) is 2.77. The average Bonchev–Trinajstić information content (AvgIpc) is 3.13. The van der Waals surface area contributed by atoms with Crippen molar-refractivity contribution < 1.29 is 9.53 Å². The molecule has 2 aromatic heterocycles. The van der Waals surface area contributed by atoms with Gasteiger partial charge in [-0.05, 0) is 19.9 Å². The summed E-state index contributed by atoms with van der Waals surface area (Å²) in [5.41, 5.74) is 0.677. The number of ether oxygens (including phenoxy) is 1. The second-order valence-electron chi connectivity index (χ2n) is 7.23. The van der Waals surface area contributed by atoms with Gasteiger partial charge in [-0.2, -0.15) is 5.10 Å². The number of amides is 1. The Kier molecular flexibility index (Phi) is 4.48. The highest BCUT2D eigenvalue weighted by atomic mass is 32.1. The number of nitrogens with one attached hydrogen (secondary N) is 1. The van der Waals surface area contributed by atoms with Crippen LogP contribution in [0.15, 0.2) is 6.07 Å². The van der Waals surface area contributed by atoms with Crippen LogP contribution in [0.1, 0.15) is 58.6 Å². The van der Waals surface area contributed by atoms with E-state index in [0.717, 1.165) is 21.1 Å². The second-order valence-corrected chi connectivity index (χ2v) is 8.69. The van der Waals surface area contributed by atoms with Gasteiger partial charge >= 0.3 is 0 Å². The smallest absolute Gasteiger partial charge is 0.255 e. The third-order valence-electron chi connectivity index (χ3n) is 4.10. The zero-order chi connectivity index (χ0) is 17.5. The van der Waals surface area contributed by atoms with Gasteiger partial charge in [-0.25, -0.2) is 4.98 Å². The molecule has 0 saturated carbocycles. The largest absolute Gasteiger partial charge is 0.367 e. The molecule has 130 valence electrons.